The zero-order valence-electron chi connectivity index (χ0n) is 14.8. The summed E-state index contributed by atoms with van der Waals surface area (Å²) in [7, 11) is 4.04. The van der Waals surface area contributed by atoms with Crippen molar-refractivity contribution in [3.05, 3.63) is 36.4 Å². The smallest absolute Gasteiger partial charge is 0.259 e. The molecule has 0 aromatic heterocycles. The summed E-state index contributed by atoms with van der Waals surface area (Å²) in [5.41, 5.74) is 1.29. The molecule has 4 nitrogen and oxygen atoms in total. The highest BCUT2D eigenvalue weighted by atomic mass is 32.1. The minimum absolute atomic E-state index is 0.00487. The highest BCUT2D eigenvalue weighted by molar-refractivity contribution is 7.80. The first-order valence-electron chi connectivity index (χ1n) is 8.13. The Morgan fingerprint density at radius 2 is 1.75 bits per heavy atom. The lowest BCUT2D eigenvalue weighted by Crippen LogP contribution is -2.48. The topological polar surface area (TPSA) is 35.6 Å². The Kier molecular flexibility index (Phi) is 4.00. The fourth-order valence-corrected chi connectivity index (χ4v) is 3.51. The molecule has 0 radical (unpaired) electrons. The van der Waals surface area contributed by atoms with Crippen LogP contribution in [0.2, 0.25) is 0 Å². The second-order valence-corrected chi connectivity index (χ2v) is 7.36. The molecular formula is C19H23N3OS. The molecule has 24 heavy (non-hydrogen) atoms. The fourth-order valence-electron chi connectivity index (χ4n) is 3.12. The number of thiocarbonyl (C=S) groups is 1. The second-order valence-electron chi connectivity index (χ2n) is 6.97. The third-order valence-corrected chi connectivity index (χ3v) is 5.26. The van der Waals surface area contributed by atoms with E-state index in [2.05, 4.69) is 16.3 Å². The molecule has 1 heterocycles. The van der Waals surface area contributed by atoms with Gasteiger partial charge in [0, 0.05) is 30.6 Å². The number of anilines is 2. The van der Waals surface area contributed by atoms with Crippen LogP contribution in [0.15, 0.2) is 36.4 Å². The molecule has 2 aromatic carbocycles. The van der Waals surface area contributed by atoms with E-state index in [0.717, 1.165) is 22.1 Å². The van der Waals surface area contributed by atoms with Crippen LogP contribution >= 0.6 is 12.2 Å². The van der Waals surface area contributed by atoms with Gasteiger partial charge in [-0.1, -0.05) is 38.1 Å². The van der Waals surface area contributed by atoms with Crippen molar-refractivity contribution in [3.8, 4) is 0 Å². The van der Waals surface area contributed by atoms with Crippen LogP contribution in [-0.4, -0.2) is 30.7 Å². The predicted octanol–water partition coefficient (Wildman–Crippen LogP) is 3.54. The molecule has 1 aliphatic heterocycles. The van der Waals surface area contributed by atoms with Crippen molar-refractivity contribution in [2.75, 3.05) is 23.9 Å². The Hall–Kier alpha value is -2.14. The molecule has 1 unspecified atom stereocenters. The van der Waals surface area contributed by atoms with E-state index in [4.69, 9.17) is 12.2 Å². The number of benzene rings is 2. The number of hydrogen-bond acceptors (Lipinski definition) is 3. The molecule has 5 heteroatoms. The summed E-state index contributed by atoms with van der Waals surface area (Å²) in [5.74, 6) is 0.144. The van der Waals surface area contributed by atoms with E-state index in [-0.39, 0.29) is 11.8 Å². The molecule has 1 aliphatic rings. The lowest BCUT2D eigenvalue weighted by molar-refractivity contribution is -0.122. The Bertz CT molecular complexity index is 830. The first kappa shape index (κ1) is 16.7. The predicted molar refractivity (Wildman–Crippen MR) is 105 cm³/mol. The molecule has 1 N–H and O–H groups in total. The standard InChI is InChI=1S/C19H23N3OS/c1-12(2)19(3)17(23)22(18(24)20-19)16-11-10-15(21(4)5)13-8-6-7-9-14(13)16/h6-12H,1-5H3,(H,20,24). The summed E-state index contributed by atoms with van der Waals surface area (Å²) >= 11 is 5.50. The number of amides is 1. The summed E-state index contributed by atoms with van der Waals surface area (Å²) in [6.07, 6.45) is 0. The Morgan fingerprint density at radius 3 is 2.29 bits per heavy atom. The Balaban J connectivity index is 2.19. The second kappa shape index (κ2) is 5.74. The molecule has 2 aromatic rings. The average Bonchev–Trinajstić information content (AvgIpc) is 2.77. The van der Waals surface area contributed by atoms with Crippen molar-refractivity contribution < 1.29 is 4.79 Å². The van der Waals surface area contributed by atoms with E-state index >= 15 is 0 Å². The van der Waals surface area contributed by atoms with E-state index in [9.17, 15) is 4.79 Å². The maximum atomic E-state index is 13.1. The van der Waals surface area contributed by atoms with Gasteiger partial charge in [0.25, 0.3) is 5.91 Å². The number of carbonyl (C=O) groups is 1. The Labute approximate surface area is 148 Å². The molecule has 1 saturated heterocycles. The zero-order chi connectivity index (χ0) is 17.6. The number of hydrogen-bond donors (Lipinski definition) is 1. The zero-order valence-corrected chi connectivity index (χ0v) is 15.6. The van der Waals surface area contributed by atoms with Gasteiger partial charge in [-0.25, -0.2) is 0 Å². The molecule has 0 saturated carbocycles. The SMILES string of the molecule is CC(C)C1(C)NC(=S)N(c2ccc(N(C)C)c3ccccc23)C1=O. The molecule has 1 amide bonds. The van der Waals surface area contributed by atoms with Crippen molar-refractivity contribution in [1.29, 1.82) is 0 Å². The first-order valence-corrected chi connectivity index (χ1v) is 8.54. The van der Waals surface area contributed by atoms with Gasteiger partial charge in [0.15, 0.2) is 5.11 Å². The minimum atomic E-state index is -0.668. The van der Waals surface area contributed by atoms with Crippen LogP contribution in [0.25, 0.3) is 10.8 Å². The summed E-state index contributed by atoms with van der Waals surface area (Å²) in [4.78, 5) is 16.8. The third-order valence-electron chi connectivity index (χ3n) is 4.97. The highest BCUT2D eigenvalue weighted by Gasteiger charge is 2.48. The summed E-state index contributed by atoms with van der Waals surface area (Å²) in [5, 5.41) is 5.83. The number of rotatable bonds is 3. The van der Waals surface area contributed by atoms with Crippen molar-refractivity contribution >= 4 is 45.4 Å². The van der Waals surface area contributed by atoms with Crippen LogP contribution in [0.3, 0.4) is 0 Å². The van der Waals surface area contributed by atoms with E-state index in [1.807, 2.05) is 65.2 Å². The molecule has 1 fully saturated rings. The number of nitrogens with zero attached hydrogens (tertiary/aromatic N) is 2. The first-order chi connectivity index (χ1) is 11.3. The minimum Gasteiger partial charge on any atom is -0.377 e. The molecule has 0 aliphatic carbocycles. The number of nitrogens with one attached hydrogen (secondary N) is 1. The van der Waals surface area contributed by atoms with Gasteiger partial charge in [-0.15, -0.1) is 0 Å². The third kappa shape index (κ3) is 2.35. The molecular weight excluding hydrogens is 318 g/mol. The van der Waals surface area contributed by atoms with Crippen LogP contribution in [0, 0.1) is 5.92 Å². The van der Waals surface area contributed by atoms with Crippen molar-refractivity contribution in [2.24, 2.45) is 5.92 Å². The van der Waals surface area contributed by atoms with Crippen molar-refractivity contribution in [2.45, 2.75) is 26.3 Å². The van der Waals surface area contributed by atoms with Crippen LogP contribution in [0.5, 0.6) is 0 Å². The van der Waals surface area contributed by atoms with Crippen LogP contribution in [-0.2, 0) is 4.79 Å². The molecule has 0 bridgehead atoms. The molecule has 0 spiro atoms. The molecule has 126 valence electrons. The number of fused-ring (bicyclic) bond motifs is 1. The van der Waals surface area contributed by atoms with Gasteiger partial charge < -0.3 is 10.2 Å². The number of carbonyl (C=O) groups excluding carboxylic acids is 1. The Morgan fingerprint density at radius 1 is 1.12 bits per heavy atom. The average molecular weight is 341 g/mol. The largest absolute Gasteiger partial charge is 0.377 e. The summed E-state index contributed by atoms with van der Waals surface area (Å²) in [6.45, 7) is 5.98. The monoisotopic (exact) mass is 341 g/mol. The summed E-state index contributed by atoms with van der Waals surface area (Å²) < 4.78 is 0. The van der Waals surface area contributed by atoms with Crippen LogP contribution in [0.1, 0.15) is 20.8 Å². The van der Waals surface area contributed by atoms with E-state index in [1.54, 1.807) is 4.90 Å². The highest BCUT2D eigenvalue weighted by Crippen LogP contribution is 2.37. The maximum absolute atomic E-state index is 13.1. The van der Waals surface area contributed by atoms with Gasteiger partial charge in [-0.3, -0.25) is 9.69 Å². The van der Waals surface area contributed by atoms with Crippen LogP contribution in [0.4, 0.5) is 11.4 Å². The van der Waals surface area contributed by atoms with Gasteiger partial charge in [0.1, 0.15) is 5.54 Å². The van der Waals surface area contributed by atoms with Crippen molar-refractivity contribution in [3.63, 3.8) is 0 Å². The van der Waals surface area contributed by atoms with E-state index in [0.29, 0.717) is 5.11 Å². The molecule has 3 rings (SSSR count). The lowest BCUT2D eigenvalue weighted by Gasteiger charge is -2.26. The lowest BCUT2D eigenvalue weighted by atomic mass is 9.88. The van der Waals surface area contributed by atoms with Gasteiger partial charge in [0.2, 0.25) is 0 Å². The van der Waals surface area contributed by atoms with Crippen LogP contribution < -0.4 is 15.1 Å². The van der Waals surface area contributed by atoms with Gasteiger partial charge >= 0.3 is 0 Å². The van der Waals surface area contributed by atoms with Gasteiger partial charge in [-0.05, 0) is 37.2 Å². The van der Waals surface area contributed by atoms with Gasteiger partial charge in [0.05, 0.1) is 5.69 Å². The van der Waals surface area contributed by atoms with Crippen molar-refractivity contribution in [1.82, 2.24) is 5.32 Å². The van der Waals surface area contributed by atoms with Gasteiger partial charge in [-0.2, -0.15) is 0 Å². The van der Waals surface area contributed by atoms with E-state index in [1.165, 1.54) is 0 Å². The molecule has 1 atom stereocenters. The normalized spacial score (nSPS) is 20.8. The fraction of sp³-hybridized carbons (Fsp3) is 0.368. The summed E-state index contributed by atoms with van der Waals surface area (Å²) in [6, 6.07) is 12.1. The quantitative estimate of drug-likeness (QED) is 0.866. The maximum Gasteiger partial charge on any atom is 0.259 e. The van der Waals surface area contributed by atoms with E-state index < -0.39 is 5.54 Å².